The van der Waals surface area contributed by atoms with Crippen LogP contribution >= 0.6 is 23.6 Å². The highest BCUT2D eigenvalue weighted by Gasteiger charge is 2.46. The van der Waals surface area contributed by atoms with E-state index in [1.165, 1.54) is 11.3 Å². The van der Waals surface area contributed by atoms with E-state index in [0.29, 0.717) is 33.1 Å². The van der Waals surface area contributed by atoms with Gasteiger partial charge >= 0.3 is 0 Å². The van der Waals surface area contributed by atoms with Crippen molar-refractivity contribution in [3.8, 4) is 0 Å². The van der Waals surface area contributed by atoms with Crippen molar-refractivity contribution < 1.29 is 4.79 Å². The predicted octanol–water partition coefficient (Wildman–Crippen LogP) is 0.380. The van der Waals surface area contributed by atoms with Crippen LogP contribution in [0.25, 0.3) is 5.57 Å². The average Bonchev–Trinajstić information content (AvgIpc) is 3.33. The first kappa shape index (κ1) is 19.3. The lowest BCUT2D eigenvalue weighted by molar-refractivity contribution is -0.113. The summed E-state index contributed by atoms with van der Waals surface area (Å²) < 4.78 is 2.13. The fourth-order valence-electron chi connectivity index (χ4n) is 4.58. The summed E-state index contributed by atoms with van der Waals surface area (Å²) in [5.41, 5.74) is 5.10. The molecule has 1 saturated heterocycles. The molecule has 0 spiro atoms. The number of anilines is 1. The Morgan fingerprint density at radius 2 is 1.83 bits per heavy atom. The van der Waals surface area contributed by atoms with Crippen LogP contribution in [0.4, 0.5) is 5.69 Å². The molecule has 5 rings (SSSR count). The monoisotopic (exact) mass is 442 g/mol. The van der Waals surface area contributed by atoms with Crippen molar-refractivity contribution in [2.45, 2.75) is 33.1 Å². The smallest absolute Gasteiger partial charge is 0.273 e. The average molecular weight is 443 g/mol. The van der Waals surface area contributed by atoms with Crippen LogP contribution in [-0.4, -0.2) is 51.2 Å². The minimum absolute atomic E-state index is 0.135. The molecule has 10 heteroatoms. The molecule has 0 aliphatic carbocycles. The molecule has 1 amide bonds. The second kappa shape index (κ2) is 6.92. The van der Waals surface area contributed by atoms with Crippen molar-refractivity contribution in [1.82, 2.24) is 19.8 Å². The van der Waals surface area contributed by atoms with Crippen LogP contribution in [0.2, 0.25) is 0 Å². The summed E-state index contributed by atoms with van der Waals surface area (Å²) >= 11 is 6.91. The summed E-state index contributed by atoms with van der Waals surface area (Å²) in [4.78, 5) is 33.2. The van der Waals surface area contributed by atoms with Crippen LogP contribution in [0.15, 0.2) is 34.2 Å². The fraction of sp³-hybridized carbons (Fsp3) is 0.400. The van der Waals surface area contributed by atoms with Crippen LogP contribution in [0.1, 0.15) is 32.5 Å². The Balaban J connectivity index is 1.78. The van der Waals surface area contributed by atoms with Crippen LogP contribution in [0.3, 0.4) is 0 Å². The highest BCUT2D eigenvalue weighted by molar-refractivity contribution is 7.80. The number of carbonyl (C=O) groups is 1. The number of nitrogens with one attached hydrogen (secondary N) is 1. The molecule has 3 aliphatic heterocycles. The molecule has 8 nitrogen and oxygen atoms in total. The van der Waals surface area contributed by atoms with E-state index in [1.807, 2.05) is 54.8 Å². The van der Waals surface area contributed by atoms with Gasteiger partial charge in [-0.15, -0.1) is 5.10 Å². The zero-order valence-corrected chi connectivity index (χ0v) is 18.6. The van der Waals surface area contributed by atoms with Crippen molar-refractivity contribution in [2.75, 3.05) is 24.5 Å². The van der Waals surface area contributed by atoms with E-state index in [1.54, 1.807) is 9.47 Å². The Morgan fingerprint density at radius 1 is 1.10 bits per heavy atom. The number of thiocarbonyl (C=S) groups is 1. The summed E-state index contributed by atoms with van der Waals surface area (Å²) in [7, 11) is 0. The summed E-state index contributed by atoms with van der Waals surface area (Å²) in [5, 5.41) is 5.18. The van der Waals surface area contributed by atoms with Crippen LogP contribution in [-0.2, 0) is 4.79 Å². The van der Waals surface area contributed by atoms with Gasteiger partial charge in [-0.2, -0.15) is 0 Å². The number of rotatable bonds is 3. The highest BCUT2D eigenvalue weighted by Crippen LogP contribution is 2.35. The molecule has 0 saturated carbocycles. The summed E-state index contributed by atoms with van der Waals surface area (Å²) in [6, 6.07) is 7.63. The Labute approximate surface area is 182 Å². The number of benzene rings is 1. The second-order valence-electron chi connectivity index (χ2n) is 7.28. The van der Waals surface area contributed by atoms with Crippen molar-refractivity contribution in [2.24, 2.45) is 5.10 Å². The zero-order valence-electron chi connectivity index (χ0n) is 17.0. The zero-order chi connectivity index (χ0) is 21.2. The van der Waals surface area contributed by atoms with Crippen LogP contribution in [0.5, 0.6) is 0 Å². The van der Waals surface area contributed by atoms with Crippen molar-refractivity contribution >= 4 is 45.8 Å². The standard InChI is InChI=1S/C20H22N6O2S2/c1-4-23-12-10-8-7-9-11(12)13(17(23)27)14-18(28)26-16-15(21-22-19(26)30-14)24(5-2)20(29)25(16)6-3/h7-10,15-16,21H,4-6H2,1-3H3/b14-13-. The summed E-state index contributed by atoms with van der Waals surface area (Å²) in [6.07, 6.45) is -0.499. The van der Waals surface area contributed by atoms with Gasteiger partial charge < -0.3 is 14.7 Å². The molecule has 1 aromatic heterocycles. The van der Waals surface area contributed by atoms with Gasteiger partial charge in [-0.1, -0.05) is 29.5 Å². The van der Waals surface area contributed by atoms with Crippen LogP contribution in [0, 0.1) is 0 Å². The van der Waals surface area contributed by atoms with E-state index < -0.39 is 0 Å². The SMILES string of the molecule is CCN1C(=O)/C(=c2\sc3n(c2=O)C2C(NN=3)N(CC)C(=S)N2CC)c2ccccc21. The molecule has 2 atom stereocenters. The third kappa shape index (κ3) is 2.37. The molecule has 4 heterocycles. The molecular weight excluding hydrogens is 420 g/mol. The van der Waals surface area contributed by atoms with Gasteiger partial charge in [0.2, 0.25) is 4.80 Å². The number of amides is 1. The van der Waals surface area contributed by atoms with Crippen LogP contribution < -0.4 is 25.2 Å². The molecular formula is C20H22N6O2S2. The third-order valence-electron chi connectivity index (χ3n) is 5.95. The number of thiazole rings is 1. The lowest BCUT2D eigenvalue weighted by Gasteiger charge is -2.30. The first-order valence-corrected chi connectivity index (χ1v) is 11.3. The quantitative estimate of drug-likeness (QED) is 0.693. The number of aromatic nitrogens is 1. The summed E-state index contributed by atoms with van der Waals surface area (Å²) in [6.45, 7) is 7.94. The second-order valence-corrected chi connectivity index (χ2v) is 8.63. The molecule has 0 bridgehead atoms. The van der Waals surface area contributed by atoms with Gasteiger partial charge in [-0.05, 0) is 39.1 Å². The maximum atomic E-state index is 13.7. The molecule has 30 heavy (non-hydrogen) atoms. The topological polar surface area (TPSA) is 73.2 Å². The largest absolute Gasteiger partial charge is 0.325 e. The van der Waals surface area contributed by atoms with Crippen molar-refractivity contribution in [3.05, 3.63) is 49.5 Å². The lowest BCUT2D eigenvalue weighted by atomic mass is 10.1. The van der Waals surface area contributed by atoms with E-state index in [4.69, 9.17) is 12.2 Å². The van der Waals surface area contributed by atoms with E-state index in [-0.39, 0.29) is 23.8 Å². The number of carbonyl (C=O) groups excluding carboxylic acids is 1. The molecule has 1 fully saturated rings. The molecule has 156 valence electrons. The van der Waals surface area contributed by atoms with E-state index in [9.17, 15) is 9.59 Å². The molecule has 1 N–H and O–H groups in total. The Morgan fingerprint density at radius 3 is 2.53 bits per heavy atom. The first-order chi connectivity index (χ1) is 14.5. The highest BCUT2D eigenvalue weighted by atomic mass is 32.1. The van der Waals surface area contributed by atoms with Crippen molar-refractivity contribution in [3.63, 3.8) is 0 Å². The first-order valence-electron chi connectivity index (χ1n) is 10.1. The van der Waals surface area contributed by atoms with E-state index in [0.717, 1.165) is 17.8 Å². The Kier molecular flexibility index (Phi) is 4.44. The van der Waals surface area contributed by atoms with E-state index in [2.05, 4.69) is 10.5 Å². The van der Waals surface area contributed by atoms with Gasteiger partial charge in [0.25, 0.3) is 11.5 Å². The number of hydrogen-bond acceptors (Lipinski definition) is 6. The minimum atomic E-state index is -0.290. The summed E-state index contributed by atoms with van der Waals surface area (Å²) in [5.74, 6) is -0.135. The maximum Gasteiger partial charge on any atom is 0.273 e. The van der Waals surface area contributed by atoms with Gasteiger partial charge in [0, 0.05) is 25.2 Å². The predicted molar refractivity (Wildman–Crippen MR) is 120 cm³/mol. The molecule has 3 aliphatic rings. The number of hydrogen-bond donors (Lipinski definition) is 1. The Bertz CT molecular complexity index is 1250. The molecule has 0 radical (unpaired) electrons. The lowest BCUT2D eigenvalue weighted by Crippen LogP contribution is -2.53. The van der Waals surface area contributed by atoms with Gasteiger partial charge in [-0.3, -0.25) is 19.6 Å². The van der Waals surface area contributed by atoms with Gasteiger partial charge in [0.1, 0.15) is 4.53 Å². The number of para-hydroxylation sites is 1. The maximum absolute atomic E-state index is 13.7. The van der Waals surface area contributed by atoms with Gasteiger partial charge in [-0.25, -0.2) is 0 Å². The molecule has 1 aromatic carbocycles. The Hall–Kier alpha value is -2.72. The normalized spacial score (nSPS) is 23.9. The van der Waals surface area contributed by atoms with Gasteiger partial charge in [0.05, 0.1) is 11.3 Å². The minimum Gasteiger partial charge on any atom is -0.325 e. The van der Waals surface area contributed by atoms with Gasteiger partial charge in [0.15, 0.2) is 17.4 Å². The fourth-order valence-corrected chi connectivity index (χ4v) is 6.12. The molecule has 2 aromatic rings. The number of likely N-dealkylation sites (N-methyl/N-ethyl adjacent to an activating group) is 3. The van der Waals surface area contributed by atoms with E-state index >= 15 is 0 Å². The molecule has 2 unspecified atom stereocenters. The third-order valence-corrected chi connectivity index (χ3v) is 7.47. The van der Waals surface area contributed by atoms with Crippen molar-refractivity contribution in [1.29, 1.82) is 0 Å². The number of fused-ring (bicyclic) bond motifs is 4. The number of nitrogens with zero attached hydrogens (tertiary/aromatic N) is 5.